The number of likely N-dealkylation sites (N-methyl/N-ethyl adjacent to an activating group) is 1. The van der Waals surface area contributed by atoms with Gasteiger partial charge in [-0.25, -0.2) is 0 Å². The fourth-order valence-corrected chi connectivity index (χ4v) is 2.46. The van der Waals surface area contributed by atoms with Gasteiger partial charge in [0.05, 0.1) is 17.8 Å². The van der Waals surface area contributed by atoms with Crippen molar-refractivity contribution < 1.29 is 9.59 Å². The zero-order valence-electron chi connectivity index (χ0n) is 12.8. The molecule has 0 heterocycles. The minimum absolute atomic E-state index is 0.196. The largest absolute Gasteiger partial charge is 0.366 e. The molecular weight excluding hydrogens is 358 g/mol. The summed E-state index contributed by atoms with van der Waals surface area (Å²) in [4.78, 5) is 25.4. The fraction of sp³-hybridized carbons (Fsp3) is 0.176. The fourth-order valence-electron chi connectivity index (χ4n) is 2.20. The van der Waals surface area contributed by atoms with Crippen LogP contribution in [-0.2, 0) is 11.3 Å². The molecule has 0 aliphatic carbocycles. The lowest BCUT2D eigenvalue weighted by Crippen LogP contribution is -2.30. The summed E-state index contributed by atoms with van der Waals surface area (Å²) < 4.78 is 1.02. The van der Waals surface area contributed by atoms with Crippen LogP contribution >= 0.6 is 15.9 Å². The average molecular weight is 376 g/mol. The van der Waals surface area contributed by atoms with E-state index in [2.05, 4.69) is 21.2 Å². The Balaban J connectivity index is 1.94. The van der Waals surface area contributed by atoms with E-state index in [1.807, 2.05) is 36.2 Å². The molecule has 2 aromatic rings. The summed E-state index contributed by atoms with van der Waals surface area (Å²) in [7, 11) is 1.86. The summed E-state index contributed by atoms with van der Waals surface area (Å²) in [5, 5.41) is 2.73. The van der Waals surface area contributed by atoms with Crippen LogP contribution in [0.4, 0.5) is 5.69 Å². The highest BCUT2D eigenvalue weighted by atomic mass is 79.9. The molecule has 0 saturated heterocycles. The van der Waals surface area contributed by atoms with Crippen LogP contribution in [0.3, 0.4) is 0 Å². The van der Waals surface area contributed by atoms with Gasteiger partial charge in [-0.15, -0.1) is 0 Å². The summed E-state index contributed by atoms with van der Waals surface area (Å²) in [6, 6.07) is 14.6. The number of halogens is 1. The lowest BCUT2D eigenvalue weighted by Gasteiger charge is -2.17. The summed E-state index contributed by atoms with van der Waals surface area (Å²) in [5.74, 6) is -0.762. The number of nitrogens with two attached hydrogens (primary N) is 1. The Bertz CT molecular complexity index is 701. The number of amides is 2. The first-order valence-corrected chi connectivity index (χ1v) is 7.86. The third kappa shape index (κ3) is 5.19. The molecule has 0 aromatic heterocycles. The van der Waals surface area contributed by atoms with Crippen LogP contribution in [0.5, 0.6) is 0 Å². The Morgan fingerprint density at radius 2 is 1.78 bits per heavy atom. The van der Waals surface area contributed by atoms with Crippen LogP contribution in [0.25, 0.3) is 0 Å². The first-order chi connectivity index (χ1) is 11.0. The number of carbonyl (C=O) groups is 2. The Labute approximate surface area is 143 Å². The SMILES string of the molecule is CN(CC(=O)Nc1ccccc1C(N)=O)Cc1ccc(Br)cc1. The highest BCUT2D eigenvalue weighted by molar-refractivity contribution is 9.10. The minimum Gasteiger partial charge on any atom is -0.366 e. The zero-order chi connectivity index (χ0) is 16.8. The molecule has 120 valence electrons. The van der Waals surface area contributed by atoms with Crippen LogP contribution in [-0.4, -0.2) is 30.3 Å². The van der Waals surface area contributed by atoms with E-state index in [0.717, 1.165) is 10.0 Å². The molecule has 2 aromatic carbocycles. The van der Waals surface area contributed by atoms with Gasteiger partial charge >= 0.3 is 0 Å². The van der Waals surface area contributed by atoms with E-state index in [9.17, 15) is 9.59 Å². The first-order valence-electron chi connectivity index (χ1n) is 7.07. The number of primary amides is 1. The minimum atomic E-state index is -0.566. The quantitative estimate of drug-likeness (QED) is 0.814. The molecular formula is C17H18BrN3O2. The van der Waals surface area contributed by atoms with Crippen LogP contribution in [0.2, 0.25) is 0 Å². The number of para-hydroxylation sites is 1. The monoisotopic (exact) mass is 375 g/mol. The molecule has 2 rings (SSSR count). The van der Waals surface area contributed by atoms with E-state index >= 15 is 0 Å². The Morgan fingerprint density at radius 3 is 2.43 bits per heavy atom. The maximum absolute atomic E-state index is 12.1. The lowest BCUT2D eigenvalue weighted by molar-refractivity contribution is -0.117. The molecule has 5 nitrogen and oxygen atoms in total. The van der Waals surface area contributed by atoms with Gasteiger partial charge in [0.15, 0.2) is 0 Å². The van der Waals surface area contributed by atoms with Crippen molar-refractivity contribution in [3.05, 3.63) is 64.1 Å². The standard InChI is InChI=1S/C17H18BrN3O2/c1-21(10-12-6-8-13(18)9-7-12)11-16(22)20-15-5-3-2-4-14(15)17(19)23/h2-9H,10-11H2,1H3,(H2,19,23)(H,20,22). The van der Waals surface area contributed by atoms with E-state index < -0.39 is 5.91 Å². The molecule has 0 radical (unpaired) electrons. The molecule has 0 bridgehead atoms. The van der Waals surface area contributed by atoms with Crippen LogP contribution in [0.15, 0.2) is 53.0 Å². The van der Waals surface area contributed by atoms with Crippen molar-refractivity contribution in [2.24, 2.45) is 5.73 Å². The van der Waals surface area contributed by atoms with Crippen molar-refractivity contribution in [1.82, 2.24) is 4.90 Å². The van der Waals surface area contributed by atoms with E-state index in [-0.39, 0.29) is 12.5 Å². The van der Waals surface area contributed by atoms with Gasteiger partial charge in [-0.2, -0.15) is 0 Å². The number of benzene rings is 2. The predicted octanol–water partition coefficient (Wildman–Crippen LogP) is 2.62. The van der Waals surface area contributed by atoms with Crippen molar-refractivity contribution in [3.8, 4) is 0 Å². The Kier molecular flexibility index (Phi) is 5.90. The highest BCUT2D eigenvalue weighted by Crippen LogP contribution is 2.15. The van der Waals surface area contributed by atoms with Crippen molar-refractivity contribution in [1.29, 1.82) is 0 Å². The molecule has 6 heteroatoms. The molecule has 0 atom stereocenters. The van der Waals surface area contributed by atoms with Crippen molar-refractivity contribution in [3.63, 3.8) is 0 Å². The highest BCUT2D eigenvalue weighted by Gasteiger charge is 2.12. The van der Waals surface area contributed by atoms with Gasteiger partial charge in [0.2, 0.25) is 5.91 Å². The van der Waals surface area contributed by atoms with Gasteiger partial charge in [-0.05, 0) is 36.9 Å². The molecule has 0 saturated carbocycles. The summed E-state index contributed by atoms with van der Waals surface area (Å²) >= 11 is 3.39. The lowest BCUT2D eigenvalue weighted by atomic mass is 10.1. The second-order valence-corrected chi connectivity index (χ2v) is 6.17. The molecule has 0 spiro atoms. The number of nitrogens with zero attached hydrogens (tertiary/aromatic N) is 1. The van der Waals surface area contributed by atoms with Crippen LogP contribution in [0, 0.1) is 0 Å². The maximum Gasteiger partial charge on any atom is 0.250 e. The van der Waals surface area contributed by atoms with E-state index in [0.29, 0.717) is 17.8 Å². The number of nitrogens with one attached hydrogen (secondary N) is 1. The summed E-state index contributed by atoms with van der Waals surface area (Å²) in [5.41, 5.74) is 7.15. The van der Waals surface area contributed by atoms with Crippen LogP contribution in [0.1, 0.15) is 15.9 Å². The van der Waals surface area contributed by atoms with Crippen molar-refractivity contribution >= 4 is 33.4 Å². The van der Waals surface area contributed by atoms with Crippen LogP contribution < -0.4 is 11.1 Å². The third-order valence-corrected chi connectivity index (χ3v) is 3.77. The molecule has 0 fully saturated rings. The number of hydrogen-bond donors (Lipinski definition) is 2. The van der Waals surface area contributed by atoms with Crippen molar-refractivity contribution in [2.45, 2.75) is 6.54 Å². The van der Waals surface area contributed by atoms with Gasteiger partial charge in [0.1, 0.15) is 0 Å². The average Bonchev–Trinajstić information content (AvgIpc) is 2.49. The molecule has 2 amide bonds. The summed E-state index contributed by atoms with van der Waals surface area (Å²) in [6.07, 6.45) is 0. The normalized spacial score (nSPS) is 10.6. The second-order valence-electron chi connectivity index (χ2n) is 5.26. The molecule has 0 aliphatic heterocycles. The Morgan fingerprint density at radius 1 is 1.13 bits per heavy atom. The van der Waals surface area contributed by atoms with Gasteiger partial charge in [0, 0.05) is 11.0 Å². The third-order valence-electron chi connectivity index (χ3n) is 3.25. The number of carbonyl (C=O) groups excluding carboxylic acids is 2. The predicted molar refractivity (Wildman–Crippen MR) is 94.1 cm³/mol. The van der Waals surface area contributed by atoms with Gasteiger partial charge in [-0.3, -0.25) is 14.5 Å². The number of rotatable bonds is 6. The molecule has 23 heavy (non-hydrogen) atoms. The molecule has 3 N–H and O–H groups in total. The van der Waals surface area contributed by atoms with E-state index in [4.69, 9.17) is 5.73 Å². The van der Waals surface area contributed by atoms with Gasteiger partial charge < -0.3 is 11.1 Å². The van der Waals surface area contributed by atoms with E-state index in [1.54, 1.807) is 24.3 Å². The van der Waals surface area contributed by atoms with Gasteiger partial charge in [-0.1, -0.05) is 40.2 Å². The smallest absolute Gasteiger partial charge is 0.250 e. The van der Waals surface area contributed by atoms with Crippen molar-refractivity contribution in [2.75, 3.05) is 18.9 Å². The first kappa shape index (κ1) is 17.2. The van der Waals surface area contributed by atoms with E-state index in [1.165, 1.54) is 0 Å². The van der Waals surface area contributed by atoms with Gasteiger partial charge in [0.25, 0.3) is 5.91 Å². The number of anilines is 1. The maximum atomic E-state index is 12.1. The molecule has 0 aliphatic rings. The zero-order valence-corrected chi connectivity index (χ0v) is 14.3. The Hall–Kier alpha value is -2.18. The number of hydrogen-bond acceptors (Lipinski definition) is 3. The topological polar surface area (TPSA) is 75.4 Å². The second kappa shape index (κ2) is 7.89. The summed E-state index contributed by atoms with van der Waals surface area (Å²) in [6.45, 7) is 0.862. The molecule has 0 unspecified atom stereocenters.